The van der Waals surface area contributed by atoms with E-state index in [9.17, 15) is 63.0 Å². The van der Waals surface area contributed by atoms with Crippen molar-refractivity contribution in [3.63, 3.8) is 0 Å². The maximum Gasteiger partial charge on any atom is 0.329 e. The molecular formula is C81H116N2O22. The van der Waals surface area contributed by atoms with Crippen molar-refractivity contribution in [3.8, 4) is 0 Å². The van der Waals surface area contributed by atoms with Crippen molar-refractivity contribution in [1.82, 2.24) is 9.80 Å². The van der Waals surface area contributed by atoms with E-state index in [1.807, 2.05) is 58.1 Å². The molecule has 2 bridgehead atoms. The zero-order valence-corrected chi connectivity index (χ0v) is 64.4. The Bertz CT molecular complexity index is 3430. The number of piperidine rings is 1. The summed E-state index contributed by atoms with van der Waals surface area (Å²) in [6.07, 6.45) is 11.3. The number of carbonyl (C=O) groups excluding carboxylic acids is 11. The van der Waals surface area contributed by atoms with Crippen LogP contribution in [0.4, 0.5) is 0 Å². The van der Waals surface area contributed by atoms with Gasteiger partial charge < -0.3 is 62.6 Å². The lowest BCUT2D eigenvalue weighted by atomic mass is 9.50. The van der Waals surface area contributed by atoms with Crippen LogP contribution >= 0.6 is 0 Å². The number of hydrogen-bond donors (Lipinski definition) is 2. The molecule has 4 aliphatic heterocycles. The van der Waals surface area contributed by atoms with Crippen LogP contribution in [0.2, 0.25) is 0 Å². The van der Waals surface area contributed by atoms with E-state index in [1.165, 1.54) is 21.1 Å². The third-order valence-corrected chi connectivity index (χ3v) is 23.8. The number of aliphatic hydroxyl groups excluding tert-OH is 1. The predicted molar refractivity (Wildman–Crippen MR) is 385 cm³/mol. The summed E-state index contributed by atoms with van der Waals surface area (Å²) in [5, 5.41) is 23.8. The maximum atomic E-state index is 14.7. The van der Waals surface area contributed by atoms with Gasteiger partial charge in [-0.2, -0.15) is 0 Å². The second kappa shape index (κ2) is 36.5. The molecule has 4 aliphatic carbocycles. The molecule has 19 atom stereocenters. The number of amides is 1. The first-order chi connectivity index (χ1) is 49.6. The first-order valence-electron chi connectivity index (χ1n) is 38.0. The smallest absolute Gasteiger partial charge is 0.329 e. The van der Waals surface area contributed by atoms with E-state index in [0.29, 0.717) is 88.2 Å². The van der Waals surface area contributed by atoms with E-state index in [0.717, 1.165) is 10.5 Å². The van der Waals surface area contributed by atoms with Gasteiger partial charge in [0.2, 0.25) is 17.4 Å². The fourth-order valence-electron chi connectivity index (χ4n) is 17.7. The van der Waals surface area contributed by atoms with E-state index >= 15 is 0 Å². The zero-order valence-electron chi connectivity index (χ0n) is 64.4. The Morgan fingerprint density at radius 1 is 0.800 bits per heavy atom. The summed E-state index contributed by atoms with van der Waals surface area (Å²) in [4.78, 5) is 158. The number of fused-ring (bicyclic) bond motifs is 7. The highest BCUT2D eigenvalue weighted by atomic mass is 16.6. The highest BCUT2D eigenvalue weighted by molar-refractivity contribution is 6.47. The number of carbonyl (C=O) groups is 11. The average molecular weight is 1470 g/mol. The van der Waals surface area contributed by atoms with Crippen molar-refractivity contribution in [2.24, 2.45) is 58.2 Å². The largest absolute Gasteiger partial charge is 0.462 e. The van der Waals surface area contributed by atoms with Gasteiger partial charge >= 0.3 is 29.8 Å². The summed E-state index contributed by atoms with van der Waals surface area (Å²) in [6.45, 7) is 17.4. The van der Waals surface area contributed by atoms with Gasteiger partial charge in [0.1, 0.15) is 42.7 Å². The van der Waals surface area contributed by atoms with Crippen molar-refractivity contribution in [2.75, 3.05) is 55.1 Å². The first kappa shape index (κ1) is 84.0. The van der Waals surface area contributed by atoms with Gasteiger partial charge in [0, 0.05) is 114 Å². The summed E-state index contributed by atoms with van der Waals surface area (Å²) in [5.74, 6) is -14.5. The van der Waals surface area contributed by atoms with Gasteiger partial charge in [-0.3, -0.25) is 47.9 Å². The van der Waals surface area contributed by atoms with Crippen LogP contribution in [0.1, 0.15) is 191 Å². The second-order valence-electron chi connectivity index (χ2n) is 32.0. The van der Waals surface area contributed by atoms with Gasteiger partial charge in [0.05, 0.1) is 36.8 Å². The summed E-state index contributed by atoms with van der Waals surface area (Å²) in [5.41, 5.74) is -0.283. The molecular weight excluding hydrogens is 1350 g/mol. The van der Waals surface area contributed by atoms with Gasteiger partial charge in [0.25, 0.3) is 11.7 Å². The lowest BCUT2D eigenvalue weighted by Crippen LogP contribution is -2.65. The number of esters is 5. The molecule has 24 nitrogen and oxygen atoms in total. The highest BCUT2D eigenvalue weighted by Gasteiger charge is 2.68. The number of ether oxygens (including phenoxy) is 9. The molecule has 0 spiro atoms. The van der Waals surface area contributed by atoms with Crippen molar-refractivity contribution >= 4 is 64.7 Å². The summed E-state index contributed by atoms with van der Waals surface area (Å²) in [6, 6.07) is -1.22. The number of rotatable bonds is 17. The van der Waals surface area contributed by atoms with Gasteiger partial charge in [-0.25, -0.2) is 4.79 Å². The number of aliphatic hydroxyl groups is 2. The standard InChI is InChI=1S/C81H116N2O22/c1-45-23-17-16-18-24-46(2)60(98-14)40-55-31-28-51(7)81(96,105-55)75(92)76(93)83-36-22-21-25-58(83)78(95)102-61(41-59(85)47(3)38-50(6)71(89)74(99-15)70(88)49(5)37-45)48(4)39-53-29-32-54(33-30-53)101-65(86)26-19-20-27-66(87)103-63-35-34-57-67-69(62(100-52(8)84)42-79(57,63)9)80(10)64(44-97-13)104-77(94)56(43-82(11)12)68(80)73(91)72(67)90/h16-18,23-24,34,38,45,48-51,53-56,58,60-64,68,71,74,89,96H,19-22,25-33,35-37,39-44H2,1-15H3/t45-,48-,49-,50?,51-,53?,54?,55+,56?,58?,60+,61+,62-,63?,64-,68?,71-,74+,79+,80+,81-/m1/s1. The van der Waals surface area contributed by atoms with Crippen LogP contribution in [0, 0.1) is 58.2 Å². The Labute approximate surface area is 619 Å². The molecule has 4 heterocycles. The fraction of sp³-hybridized carbons (Fsp3) is 0.716. The van der Waals surface area contributed by atoms with E-state index in [2.05, 4.69) is 0 Å². The molecule has 105 heavy (non-hydrogen) atoms. The number of Topliss-reactive ketones (excluding diaryl/α,β-unsaturated/α-hetero) is 5. The third-order valence-electron chi connectivity index (χ3n) is 23.8. The quantitative estimate of drug-likeness (QED) is 0.0593. The molecule has 582 valence electrons. The first-order valence-corrected chi connectivity index (χ1v) is 38.0. The minimum atomic E-state index is -2.49. The van der Waals surface area contributed by atoms with E-state index in [4.69, 9.17) is 42.6 Å². The summed E-state index contributed by atoms with van der Waals surface area (Å²) < 4.78 is 53.8. The van der Waals surface area contributed by atoms with Crippen LogP contribution in [0.25, 0.3) is 0 Å². The molecule has 8 rings (SSSR count). The van der Waals surface area contributed by atoms with Crippen LogP contribution in [-0.4, -0.2) is 207 Å². The molecule has 4 fully saturated rings. The van der Waals surface area contributed by atoms with Crippen molar-refractivity contribution < 1.29 is 106 Å². The number of unbranched alkanes of at least 4 members (excludes halogenated alkanes) is 1. The molecule has 5 unspecified atom stereocenters. The topological polar surface area (TPSA) is 318 Å². The van der Waals surface area contributed by atoms with Crippen molar-refractivity contribution in [3.05, 3.63) is 70.4 Å². The van der Waals surface area contributed by atoms with Crippen LogP contribution in [-0.2, 0) is 95.4 Å². The molecule has 0 aromatic heterocycles. The fourth-order valence-corrected chi connectivity index (χ4v) is 17.7. The van der Waals surface area contributed by atoms with Gasteiger partial charge in [-0.15, -0.1) is 0 Å². The highest BCUT2D eigenvalue weighted by Crippen LogP contribution is 2.62. The Hall–Kier alpha value is -6.67. The van der Waals surface area contributed by atoms with Crippen molar-refractivity contribution in [1.29, 1.82) is 0 Å². The van der Waals surface area contributed by atoms with Crippen LogP contribution in [0.3, 0.4) is 0 Å². The number of cyclic esters (lactones) is 2. The lowest BCUT2D eigenvalue weighted by Gasteiger charge is -2.56. The van der Waals surface area contributed by atoms with Crippen molar-refractivity contribution in [2.45, 2.75) is 258 Å². The molecule has 24 heteroatoms. The molecule has 2 N–H and O–H groups in total. The van der Waals surface area contributed by atoms with Gasteiger partial charge in [-0.1, -0.05) is 91.0 Å². The normalized spacial score (nSPS) is 36.2. The number of allylic oxidation sites excluding steroid dienone is 7. The second-order valence-corrected chi connectivity index (χ2v) is 32.0. The molecule has 0 aromatic rings. The number of nitrogens with zero attached hydrogens (tertiary/aromatic N) is 2. The summed E-state index contributed by atoms with van der Waals surface area (Å²) >= 11 is 0. The average Bonchev–Trinajstić information content (AvgIpc) is 1.67. The number of methoxy groups -OCH3 is 3. The minimum Gasteiger partial charge on any atom is -0.462 e. The molecule has 8 aliphatic rings. The number of ketones is 5. The summed E-state index contributed by atoms with van der Waals surface area (Å²) in [7, 11) is 7.87. The van der Waals surface area contributed by atoms with Gasteiger partial charge in [0.15, 0.2) is 11.6 Å². The zero-order chi connectivity index (χ0) is 77.2. The van der Waals surface area contributed by atoms with E-state index in [1.54, 1.807) is 72.9 Å². The molecule has 1 amide bonds. The van der Waals surface area contributed by atoms with Gasteiger partial charge in [-0.05, 0) is 151 Å². The third kappa shape index (κ3) is 19.3. The monoisotopic (exact) mass is 1470 g/mol. The molecule has 1 saturated carbocycles. The SMILES string of the molecule is COC[C@H]1OC(=O)C(CN(C)C)C2C(=O)C(=O)C3=C([C@H](OC(C)=O)C[C@@]4(C)C3=CCC4OC(=O)CCCCC(=O)OC3CCC(C[C@@H](C)[C@@H]4CC(=O)C(C)=CC(C)[C@@H](O)[C@@H](OC)C(=O)[C@H](C)C[C@H](C)C=CC=CC=C(C)[C@@H](OC)C[C@@H]5CC[C@@H](C)[C@@](O)(O5)C(=O)C(=O)N5CCCCC5C(=O)O4)CC3)[C@]21C. The van der Waals surface area contributed by atoms with E-state index in [-0.39, 0.29) is 105 Å². The lowest BCUT2D eigenvalue weighted by molar-refractivity contribution is -0.265. The molecule has 0 aromatic carbocycles. The minimum absolute atomic E-state index is 0.0242. The maximum absolute atomic E-state index is 14.7. The molecule has 3 saturated heterocycles. The Kier molecular flexibility index (Phi) is 29.2. The Morgan fingerprint density at radius 2 is 1.49 bits per heavy atom. The van der Waals surface area contributed by atoms with Crippen LogP contribution in [0.15, 0.2) is 70.4 Å². The Balaban J connectivity index is 0.900. The molecule has 0 radical (unpaired) electrons. The predicted octanol–water partition coefficient (Wildman–Crippen LogP) is 9.07. The van der Waals surface area contributed by atoms with Crippen LogP contribution < -0.4 is 0 Å². The van der Waals surface area contributed by atoms with Crippen LogP contribution in [0.5, 0.6) is 0 Å². The number of hydrogen-bond acceptors (Lipinski definition) is 23. The Morgan fingerprint density at radius 3 is 2.13 bits per heavy atom. The van der Waals surface area contributed by atoms with E-state index < -0.39 is 160 Å².